The van der Waals surface area contributed by atoms with Gasteiger partial charge in [0.1, 0.15) is 17.5 Å². The molecule has 5 heteroatoms. The molecule has 2 rings (SSSR count). The van der Waals surface area contributed by atoms with Gasteiger partial charge in [-0.3, -0.25) is 0 Å². The maximum atomic E-state index is 5.86. The molecule has 0 amide bonds. The number of anilines is 2. The second kappa shape index (κ2) is 5.12. The molecule has 1 fully saturated rings. The molecule has 1 atom stereocenters. The van der Waals surface area contributed by atoms with Crippen LogP contribution in [0.4, 0.5) is 11.6 Å². The van der Waals surface area contributed by atoms with Crippen molar-refractivity contribution in [3.63, 3.8) is 0 Å². The van der Waals surface area contributed by atoms with Crippen molar-refractivity contribution >= 4 is 23.4 Å². The minimum atomic E-state index is 0.314. The first-order valence-corrected chi connectivity index (χ1v) is 7.12. The summed E-state index contributed by atoms with van der Waals surface area (Å²) in [5.41, 5.74) is 5.86. The molecule has 1 aromatic rings. The molecule has 1 aliphatic rings. The van der Waals surface area contributed by atoms with Crippen molar-refractivity contribution in [2.24, 2.45) is 0 Å². The van der Waals surface area contributed by atoms with Crippen LogP contribution in [0.15, 0.2) is 6.07 Å². The van der Waals surface area contributed by atoms with Gasteiger partial charge in [0.15, 0.2) is 0 Å². The molecule has 0 spiro atoms. The summed E-state index contributed by atoms with van der Waals surface area (Å²) in [6, 6.07) is 1.88. The van der Waals surface area contributed by atoms with Crippen molar-refractivity contribution in [2.75, 3.05) is 29.5 Å². The smallest absolute Gasteiger partial charge is 0.135 e. The largest absolute Gasteiger partial charge is 0.384 e. The van der Waals surface area contributed by atoms with Gasteiger partial charge in [-0.1, -0.05) is 20.8 Å². The molecule has 1 aromatic heterocycles. The Morgan fingerprint density at radius 1 is 1.47 bits per heavy atom. The Hall–Kier alpha value is -0.970. The van der Waals surface area contributed by atoms with Crippen LogP contribution in [0.25, 0.3) is 0 Å². The van der Waals surface area contributed by atoms with Crippen LogP contribution in [0.1, 0.15) is 32.5 Å². The van der Waals surface area contributed by atoms with E-state index in [9.17, 15) is 0 Å². The lowest BCUT2D eigenvalue weighted by Gasteiger charge is -2.31. The average Bonchev–Trinajstić information content (AvgIpc) is 2.28. The third-order valence-corrected chi connectivity index (χ3v) is 3.97. The van der Waals surface area contributed by atoms with Gasteiger partial charge < -0.3 is 10.6 Å². The number of nitrogens with two attached hydrogens (primary N) is 1. The summed E-state index contributed by atoms with van der Waals surface area (Å²) in [4.78, 5) is 11.2. The summed E-state index contributed by atoms with van der Waals surface area (Å²) in [6.07, 6.45) is 0. The van der Waals surface area contributed by atoms with E-state index in [1.807, 2.05) is 17.8 Å². The zero-order valence-corrected chi connectivity index (χ0v) is 11.5. The fourth-order valence-electron chi connectivity index (χ4n) is 1.92. The molecule has 1 unspecified atom stereocenters. The first-order valence-electron chi connectivity index (χ1n) is 6.07. The minimum Gasteiger partial charge on any atom is -0.384 e. The zero-order valence-electron chi connectivity index (χ0n) is 10.7. The summed E-state index contributed by atoms with van der Waals surface area (Å²) in [6.45, 7) is 8.52. The summed E-state index contributed by atoms with van der Waals surface area (Å²) in [5.74, 6) is 3.86. The maximum Gasteiger partial charge on any atom is 0.135 e. The molecule has 2 heterocycles. The standard InChI is InChI=1S/C12H20N4S/c1-8(2)12-14-10(13)6-11(15-12)16-4-5-17-9(3)7-16/h6,8-9H,4-5,7H2,1-3H3,(H2,13,14,15). The van der Waals surface area contributed by atoms with Gasteiger partial charge in [0.25, 0.3) is 0 Å². The van der Waals surface area contributed by atoms with Gasteiger partial charge in [-0.25, -0.2) is 9.97 Å². The van der Waals surface area contributed by atoms with Gasteiger partial charge in [0.2, 0.25) is 0 Å². The van der Waals surface area contributed by atoms with E-state index in [2.05, 4.69) is 35.6 Å². The molecule has 0 aromatic carbocycles. The van der Waals surface area contributed by atoms with Gasteiger partial charge >= 0.3 is 0 Å². The van der Waals surface area contributed by atoms with Crippen molar-refractivity contribution in [1.82, 2.24) is 9.97 Å². The Bertz CT molecular complexity index is 394. The summed E-state index contributed by atoms with van der Waals surface area (Å²) in [5, 5.41) is 0.655. The number of rotatable bonds is 2. The zero-order chi connectivity index (χ0) is 12.4. The monoisotopic (exact) mass is 252 g/mol. The van der Waals surface area contributed by atoms with E-state index in [-0.39, 0.29) is 0 Å². The molecular weight excluding hydrogens is 232 g/mol. The quantitative estimate of drug-likeness (QED) is 0.874. The highest BCUT2D eigenvalue weighted by Gasteiger charge is 2.19. The van der Waals surface area contributed by atoms with Crippen LogP contribution < -0.4 is 10.6 Å². The Balaban J connectivity index is 2.25. The Kier molecular flexibility index (Phi) is 3.76. The third-order valence-electron chi connectivity index (χ3n) is 2.83. The number of nitrogens with zero attached hydrogens (tertiary/aromatic N) is 3. The van der Waals surface area contributed by atoms with Gasteiger partial charge in [-0.15, -0.1) is 0 Å². The number of nitrogen functional groups attached to an aromatic ring is 1. The van der Waals surface area contributed by atoms with Crippen LogP contribution in [0.5, 0.6) is 0 Å². The van der Waals surface area contributed by atoms with E-state index >= 15 is 0 Å². The first-order chi connectivity index (χ1) is 8.06. The Morgan fingerprint density at radius 3 is 2.88 bits per heavy atom. The normalized spacial score (nSPS) is 20.9. The minimum absolute atomic E-state index is 0.314. The fourth-order valence-corrected chi connectivity index (χ4v) is 2.93. The maximum absolute atomic E-state index is 5.86. The number of hydrogen-bond acceptors (Lipinski definition) is 5. The average molecular weight is 252 g/mol. The lowest BCUT2D eigenvalue weighted by Crippen LogP contribution is -2.37. The van der Waals surface area contributed by atoms with Crippen LogP contribution in [-0.2, 0) is 0 Å². The summed E-state index contributed by atoms with van der Waals surface area (Å²) in [7, 11) is 0. The van der Waals surface area contributed by atoms with Crippen molar-refractivity contribution in [3.05, 3.63) is 11.9 Å². The number of hydrogen-bond donors (Lipinski definition) is 1. The predicted molar refractivity (Wildman–Crippen MR) is 74.7 cm³/mol. The van der Waals surface area contributed by atoms with Gasteiger partial charge in [-0.05, 0) is 0 Å². The molecule has 0 saturated carbocycles. The van der Waals surface area contributed by atoms with E-state index in [0.29, 0.717) is 17.0 Å². The fraction of sp³-hybridized carbons (Fsp3) is 0.667. The third kappa shape index (κ3) is 3.03. The molecule has 0 bridgehead atoms. The lowest BCUT2D eigenvalue weighted by atomic mass is 10.2. The molecule has 2 N–H and O–H groups in total. The van der Waals surface area contributed by atoms with Crippen molar-refractivity contribution < 1.29 is 0 Å². The molecule has 1 saturated heterocycles. The lowest BCUT2D eigenvalue weighted by molar-refractivity contribution is 0.736. The molecule has 4 nitrogen and oxygen atoms in total. The van der Waals surface area contributed by atoms with E-state index < -0.39 is 0 Å². The molecule has 0 aliphatic carbocycles. The van der Waals surface area contributed by atoms with Crippen molar-refractivity contribution in [3.8, 4) is 0 Å². The van der Waals surface area contributed by atoms with E-state index in [4.69, 9.17) is 5.73 Å². The van der Waals surface area contributed by atoms with Crippen molar-refractivity contribution in [2.45, 2.75) is 31.9 Å². The first kappa shape index (κ1) is 12.5. The second-order valence-electron chi connectivity index (χ2n) is 4.79. The highest BCUT2D eigenvalue weighted by Crippen LogP contribution is 2.24. The molecular formula is C12H20N4S. The number of aromatic nitrogens is 2. The number of thioether (sulfide) groups is 1. The van der Waals surface area contributed by atoms with Crippen LogP contribution >= 0.6 is 11.8 Å². The van der Waals surface area contributed by atoms with E-state index in [1.54, 1.807) is 0 Å². The van der Waals surface area contributed by atoms with Gasteiger partial charge in [-0.2, -0.15) is 11.8 Å². The van der Waals surface area contributed by atoms with E-state index in [0.717, 1.165) is 30.5 Å². The predicted octanol–water partition coefficient (Wildman–Crippen LogP) is 2.12. The molecule has 94 valence electrons. The topological polar surface area (TPSA) is 55.0 Å². The SMILES string of the molecule is CC1CN(c2cc(N)nc(C(C)C)n2)CCS1. The van der Waals surface area contributed by atoms with Crippen LogP contribution in [0, 0.1) is 0 Å². The Morgan fingerprint density at radius 2 is 2.24 bits per heavy atom. The molecule has 17 heavy (non-hydrogen) atoms. The van der Waals surface area contributed by atoms with Gasteiger partial charge in [0.05, 0.1) is 0 Å². The van der Waals surface area contributed by atoms with Crippen LogP contribution in [0.3, 0.4) is 0 Å². The van der Waals surface area contributed by atoms with Gasteiger partial charge in [0, 0.05) is 36.1 Å². The highest BCUT2D eigenvalue weighted by atomic mass is 32.2. The highest BCUT2D eigenvalue weighted by molar-refractivity contribution is 8.00. The molecule has 1 aliphatic heterocycles. The summed E-state index contributed by atoms with van der Waals surface area (Å²) < 4.78 is 0. The van der Waals surface area contributed by atoms with Crippen molar-refractivity contribution in [1.29, 1.82) is 0 Å². The molecule has 0 radical (unpaired) electrons. The second-order valence-corrected chi connectivity index (χ2v) is 6.34. The summed E-state index contributed by atoms with van der Waals surface area (Å²) >= 11 is 2.01. The van der Waals surface area contributed by atoms with E-state index in [1.165, 1.54) is 0 Å². The van der Waals surface area contributed by atoms with Crippen LogP contribution in [0.2, 0.25) is 0 Å². The Labute approximate surface area is 107 Å². The van der Waals surface area contributed by atoms with Crippen LogP contribution in [-0.4, -0.2) is 34.1 Å².